The molecule has 1 amide bonds. The molecule has 3 aromatic rings. The van der Waals surface area contributed by atoms with E-state index in [9.17, 15) is 9.59 Å². The molecule has 27 heavy (non-hydrogen) atoms. The monoisotopic (exact) mass is 365 g/mol. The number of methoxy groups -OCH3 is 2. The van der Waals surface area contributed by atoms with E-state index in [1.165, 1.54) is 20.3 Å². The van der Waals surface area contributed by atoms with Crippen LogP contribution in [0.4, 0.5) is 5.69 Å². The number of hydrogen-bond donors (Lipinski definition) is 1. The van der Waals surface area contributed by atoms with Crippen LogP contribution in [0.2, 0.25) is 0 Å². The Morgan fingerprint density at radius 1 is 1.19 bits per heavy atom. The highest BCUT2D eigenvalue weighted by molar-refractivity contribution is 6.06. The minimum Gasteiger partial charge on any atom is -0.497 e. The van der Waals surface area contributed by atoms with Crippen molar-refractivity contribution in [2.75, 3.05) is 19.5 Å². The van der Waals surface area contributed by atoms with Crippen LogP contribution < -0.4 is 20.4 Å². The van der Waals surface area contributed by atoms with Gasteiger partial charge in [0, 0.05) is 11.5 Å². The van der Waals surface area contributed by atoms with Crippen molar-refractivity contribution in [3.8, 4) is 11.5 Å². The highest BCUT2D eigenvalue weighted by Crippen LogP contribution is 2.29. The molecule has 0 radical (unpaired) electrons. The Labute approximate surface area is 156 Å². The standard InChI is InChI=1S/C21H19NO5/c1-4-6-13-7-5-8-14-11-16(21(24)27-19(13)14)20(23)22-17-10-9-15(25-2)12-18(17)26-3/h4-5,7-12H,1,6H2,2-3H3,(H,22,23). The quantitative estimate of drug-likeness (QED) is 0.531. The number of ether oxygens (including phenoxy) is 2. The SMILES string of the molecule is C=CCc1cccc2cc(C(=O)Nc3ccc(OC)cc3OC)c(=O)oc12. The van der Waals surface area contributed by atoms with Crippen LogP contribution in [0, 0.1) is 0 Å². The first-order valence-electron chi connectivity index (χ1n) is 8.27. The molecule has 1 heterocycles. The second kappa shape index (κ2) is 7.78. The molecule has 138 valence electrons. The average molecular weight is 365 g/mol. The van der Waals surface area contributed by atoms with Crippen molar-refractivity contribution >= 4 is 22.6 Å². The van der Waals surface area contributed by atoms with Crippen molar-refractivity contribution in [2.45, 2.75) is 6.42 Å². The number of fused-ring (bicyclic) bond motifs is 1. The van der Waals surface area contributed by atoms with Gasteiger partial charge < -0.3 is 19.2 Å². The van der Waals surface area contributed by atoms with E-state index >= 15 is 0 Å². The first-order valence-corrected chi connectivity index (χ1v) is 8.27. The molecule has 0 spiro atoms. The van der Waals surface area contributed by atoms with Crippen LogP contribution in [-0.4, -0.2) is 20.1 Å². The number of rotatable bonds is 6. The first-order chi connectivity index (χ1) is 13.1. The molecule has 3 rings (SSSR count). The van der Waals surface area contributed by atoms with E-state index in [-0.39, 0.29) is 5.56 Å². The zero-order valence-electron chi connectivity index (χ0n) is 15.1. The second-order valence-electron chi connectivity index (χ2n) is 5.80. The predicted molar refractivity (Wildman–Crippen MR) is 104 cm³/mol. The Morgan fingerprint density at radius 3 is 2.70 bits per heavy atom. The van der Waals surface area contributed by atoms with Gasteiger partial charge in [0.05, 0.1) is 19.9 Å². The molecular weight excluding hydrogens is 346 g/mol. The summed E-state index contributed by atoms with van der Waals surface area (Å²) in [7, 11) is 3.02. The van der Waals surface area contributed by atoms with Gasteiger partial charge in [-0.05, 0) is 30.2 Å². The number of carbonyl (C=O) groups excluding carboxylic acids is 1. The summed E-state index contributed by atoms with van der Waals surface area (Å²) in [5.74, 6) is 0.425. The number of para-hydroxylation sites is 1. The smallest absolute Gasteiger partial charge is 0.349 e. The average Bonchev–Trinajstić information content (AvgIpc) is 2.68. The third-order valence-electron chi connectivity index (χ3n) is 4.11. The summed E-state index contributed by atoms with van der Waals surface area (Å²) >= 11 is 0. The molecule has 0 aliphatic rings. The maximum atomic E-state index is 12.6. The van der Waals surface area contributed by atoms with Crippen LogP contribution in [0.1, 0.15) is 15.9 Å². The van der Waals surface area contributed by atoms with Gasteiger partial charge in [-0.2, -0.15) is 0 Å². The van der Waals surface area contributed by atoms with Crippen molar-refractivity contribution in [3.05, 3.63) is 76.7 Å². The maximum Gasteiger partial charge on any atom is 0.349 e. The number of carbonyl (C=O) groups is 1. The summed E-state index contributed by atoms with van der Waals surface area (Å²) in [6, 6.07) is 12.0. The Bertz CT molecular complexity index is 1070. The molecular formula is C21H19NO5. The van der Waals surface area contributed by atoms with Gasteiger partial charge in [-0.25, -0.2) is 4.79 Å². The van der Waals surface area contributed by atoms with E-state index in [0.29, 0.717) is 34.6 Å². The molecule has 2 aromatic carbocycles. The van der Waals surface area contributed by atoms with E-state index in [1.807, 2.05) is 12.1 Å². The molecule has 1 aromatic heterocycles. The van der Waals surface area contributed by atoms with E-state index in [2.05, 4.69) is 11.9 Å². The molecule has 0 saturated heterocycles. The van der Waals surface area contributed by atoms with Crippen LogP contribution in [0.5, 0.6) is 11.5 Å². The molecule has 0 aliphatic carbocycles. The Kier molecular flexibility index (Phi) is 5.26. The van der Waals surface area contributed by atoms with Gasteiger partial charge >= 0.3 is 5.63 Å². The number of anilines is 1. The zero-order valence-corrected chi connectivity index (χ0v) is 15.1. The number of amides is 1. The lowest BCUT2D eigenvalue weighted by atomic mass is 10.1. The van der Waals surface area contributed by atoms with Gasteiger partial charge in [-0.1, -0.05) is 24.3 Å². The third kappa shape index (κ3) is 3.69. The van der Waals surface area contributed by atoms with E-state index in [0.717, 1.165) is 5.56 Å². The van der Waals surface area contributed by atoms with Crippen molar-refractivity contribution in [1.29, 1.82) is 0 Å². The number of nitrogens with one attached hydrogen (secondary N) is 1. The largest absolute Gasteiger partial charge is 0.497 e. The minimum atomic E-state index is -0.705. The van der Waals surface area contributed by atoms with Gasteiger partial charge in [-0.3, -0.25) is 4.79 Å². The van der Waals surface area contributed by atoms with Crippen LogP contribution in [0.3, 0.4) is 0 Å². The molecule has 0 saturated carbocycles. The highest BCUT2D eigenvalue weighted by atomic mass is 16.5. The van der Waals surface area contributed by atoms with Crippen molar-refractivity contribution < 1.29 is 18.7 Å². The lowest BCUT2D eigenvalue weighted by Crippen LogP contribution is -2.21. The van der Waals surface area contributed by atoms with Crippen LogP contribution >= 0.6 is 0 Å². The van der Waals surface area contributed by atoms with Gasteiger partial charge in [0.1, 0.15) is 22.6 Å². The maximum absolute atomic E-state index is 12.6. The van der Waals surface area contributed by atoms with Gasteiger partial charge in [0.2, 0.25) is 0 Å². The molecule has 6 nitrogen and oxygen atoms in total. The second-order valence-corrected chi connectivity index (χ2v) is 5.80. The lowest BCUT2D eigenvalue weighted by molar-refractivity contribution is 0.102. The fourth-order valence-corrected chi connectivity index (χ4v) is 2.77. The molecule has 0 unspecified atom stereocenters. The third-order valence-corrected chi connectivity index (χ3v) is 4.11. The fraction of sp³-hybridized carbons (Fsp3) is 0.143. The first kappa shape index (κ1) is 18.3. The minimum absolute atomic E-state index is 0.0869. The summed E-state index contributed by atoms with van der Waals surface area (Å²) in [5.41, 5.74) is 0.924. The van der Waals surface area contributed by atoms with Gasteiger partial charge in [0.25, 0.3) is 5.91 Å². The fourth-order valence-electron chi connectivity index (χ4n) is 2.77. The Morgan fingerprint density at radius 2 is 2.00 bits per heavy atom. The zero-order chi connectivity index (χ0) is 19.4. The summed E-state index contributed by atoms with van der Waals surface area (Å²) < 4.78 is 15.8. The Balaban J connectivity index is 1.98. The van der Waals surface area contributed by atoms with E-state index in [4.69, 9.17) is 13.9 Å². The lowest BCUT2D eigenvalue weighted by Gasteiger charge is -2.11. The topological polar surface area (TPSA) is 77.8 Å². The van der Waals surface area contributed by atoms with Gasteiger partial charge in [0.15, 0.2) is 0 Å². The van der Waals surface area contributed by atoms with Crippen LogP contribution in [-0.2, 0) is 6.42 Å². The molecule has 6 heteroatoms. The van der Waals surface area contributed by atoms with Crippen molar-refractivity contribution in [2.24, 2.45) is 0 Å². The van der Waals surface area contributed by atoms with Crippen LogP contribution in [0.25, 0.3) is 11.0 Å². The van der Waals surface area contributed by atoms with Gasteiger partial charge in [-0.15, -0.1) is 6.58 Å². The number of allylic oxidation sites excluding steroid dienone is 1. The van der Waals surface area contributed by atoms with E-state index < -0.39 is 11.5 Å². The van der Waals surface area contributed by atoms with Crippen LogP contribution in [0.15, 0.2) is 64.3 Å². The number of benzene rings is 2. The van der Waals surface area contributed by atoms with Crippen molar-refractivity contribution in [1.82, 2.24) is 0 Å². The summed E-state index contributed by atoms with van der Waals surface area (Å²) in [6.45, 7) is 3.70. The molecule has 1 N–H and O–H groups in total. The molecule has 0 aliphatic heterocycles. The molecule has 0 bridgehead atoms. The molecule has 0 atom stereocenters. The highest BCUT2D eigenvalue weighted by Gasteiger charge is 2.17. The molecule has 0 fully saturated rings. The summed E-state index contributed by atoms with van der Waals surface area (Å²) in [6.07, 6.45) is 2.29. The number of hydrogen-bond acceptors (Lipinski definition) is 5. The summed E-state index contributed by atoms with van der Waals surface area (Å²) in [5, 5.41) is 3.35. The normalized spacial score (nSPS) is 10.4. The van der Waals surface area contributed by atoms with Crippen molar-refractivity contribution in [3.63, 3.8) is 0 Å². The Hall–Kier alpha value is -3.54. The predicted octanol–water partition coefficient (Wildman–Crippen LogP) is 3.79. The van der Waals surface area contributed by atoms with E-state index in [1.54, 1.807) is 30.3 Å². The summed E-state index contributed by atoms with van der Waals surface area (Å²) in [4.78, 5) is 25.0.